The third-order valence-electron chi connectivity index (χ3n) is 1.45. The molecule has 0 spiro atoms. The molecule has 0 radical (unpaired) electrons. The highest BCUT2D eigenvalue weighted by Crippen LogP contribution is 2.12. The lowest BCUT2D eigenvalue weighted by Gasteiger charge is -2.12. The molecule has 3 heteroatoms. The fraction of sp³-hybridized carbons (Fsp3) is 0.833. The third kappa shape index (κ3) is 1.59. The van der Waals surface area contributed by atoms with E-state index in [0.29, 0.717) is 12.0 Å². The first-order valence-corrected chi connectivity index (χ1v) is 3.22. The Morgan fingerprint density at radius 1 is 1.56 bits per heavy atom. The first-order chi connectivity index (χ1) is 4.30. The van der Waals surface area contributed by atoms with Gasteiger partial charge in [0.25, 0.3) is 0 Å². The summed E-state index contributed by atoms with van der Waals surface area (Å²) in [6.07, 6.45) is 2.76. The number of rotatable bonds is 1. The van der Waals surface area contributed by atoms with Gasteiger partial charge in [-0.25, -0.2) is 0 Å². The molecule has 0 saturated heterocycles. The molecular formula is C6H11N3. The zero-order valence-electron chi connectivity index (χ0n) is 5.78. The molecule has 50 valence electrons. The summed E-state index contributed by atoms with van der Waals surface area (Å²) in [5.41, 5.74) is 0. The zero-order chi connectivity index (χ0) is 6.69. The molecule has 0 aromatic rings. The van der Waals surface area contributed by atoms with Crippen LogP contribution in [0, 0.1) is 5.92 Å². The Morgan fingerprint density at radius 2 is 2.33 bits per heavy atom. The minimum Gasteiger partial charge on any atom is -0.165 e. The second-order valence-electron chi connectivity index (χ2n) is 2.55. The van der Waals surface area contributed by atoms with Crippen LogP contribution in [0.3, 0.4) is 0 Å². The Labute approximate surface area is 54.9 Å². The summed E-state index contributed by atoms with van der Waals surface area (Å²) in [6.45, 7) is 4.28. The Hall–Kier alpha value is -0.730. The molecule has 0 N–H and O–H groups in total. The van der Waals surface area contributed by atoms with Crippen LogP contribution in [0.1, 0.15) is 20.3 Å². The lowest BCUT2D eigenvalue weighted by atomic mass is 10.0. The summed E-state index contributed by atoms with van der Waals surface area (Å²) in [4.78, 5) is 0. The van der Waals surface area contributed by atoms with Crippen LogP contribution in [0.2, 0.25) is 0 Å². The van der Waals surface area contributed by atoms with Crippen molar-refractivity contribution in [2.75, 3.05) is 0 Å². The molecule has 9 heavy (non-hydrogen) atoms. The average Bonchev–Trinajstić information content (AvgIpc) is 1.90. The van der Waals surface area contributed by atoms with Gasteiger partial charge in [-0.05, 0) is 11.1 Å². The molecule has 0 fully saturated rings. The second-order valence-corrected chi connectivity index (χ2v) is 2.55. The summed E-state index contributed by atoms with van der Waals surface area (Å²) in [5, 5.41) is 11.2. The molecule has 1 unspecified atom stereocenters. The number of hydrogen-bond acceptors (Lipinski definition) is 3. The molecule has 3 nitrogen and oxygen atoms in total. The molecule has 0 aromatic heterocycles. The van der Waals surface area contributed by atoms with Crippen LogP contribution in [0.4, 0.5) is 0 Å². The Balaban J connectivity index is 2.46. The lowest BCUT2D eigenvalue weighted by Crippen LogP contribution is -2.14. The maximum atomic E-state index is 3.96. The van der Waals surface area contributed by atoms with E-state index >= 15 is 0 Å². The van der Waals surface area contributed by atoms with Crippen molar-refractivity contribution in [3.8, 4) is 0 Å². The summed E-state index contributed by atoms with van der Waals surface area (Å²) in [6, 6.07) is 0.363. The molecule has 1 atom stereocenters. The summed E-state index contributed by atoms with van der Waals surface area (Å²) in [7, 11) is 0. The van der Waals surface area contributed by atoms with Crippen molar-refractivity contribution in [1.82, 2.24) is 0 Å². The Bertz CT molecular complexity index is 137. The van der Waals surface area contributed by atoms with E-state index in [1.54, 1.807) is 0 Å². The van der Waals surface area contributed by atoms with Crippen LogP contribution >= 0.6 is 0 Å². The molecule has 0 aromatic carbocycles. The van der Waals surface area contributed by atoms with Gasteiger partial charge >= 0.3 is 0 Å². The van der Waals surface area contributed by atoms with Gasteiger partial charge in [0.15, 0.2) is 0 Å². The Morgan fingerprint density at radius 3 is 2.67 bits per heavy atom. The summed E-state index contributed by atoms with van der Waals surface area (Å²) < 4.78 is 0. The standard InChI is InChI=1S/C6H11N3/c1-5(2)6-3-4-7-9-8-6/h4-6H,3H2,1-2H3. The third-order valence-corrected chi connectivity index (χ3v) is 1.45. The van der Waals surface area contributed by atoms with E-state index in [1.807, 2.05) is 6.21 Å². The van der Waals surface area contributed by atoms with Crippen LogP contribution in [0.15, 0.2) is 15.4 Å². The largest absolute Gasteiger partial charge is 0.165 e. The number of hydrogen-bond donors (Lipinski definition) is 0. The predicted molar refractivity (Wildman–Crippen MR) is 36.6 cm³/mol. The normalized spacial score (nSPS) is 25.4. The van der Waals surface area contributed by atoms with Crippen LogP contribution in [-0.4, -0.2) is 12.3 Å². The molecule has 0 saturated carbocycles. The van der Waals surface area contributed by atoms with Gasteiger partial charge in [0.1, 0.15) is 0 Å². The van der Waals surface area contributed by atoms with Crippen LogP contribution in [0.5, 0.6) is 0 Å². The van der Waals surface area contributed by atoms with Gasteiger partial charge in [-0.2, -0.15) is 5.11 Å². The molecule has 0 aliphatic carbocycles. The maximum Gasteiger partial charge on any atom is 0.0803 e. The summed E-state index contributed by atoms with van der Waals surface area (Å²) >= 11 is 0. The predicted octanol–water partition coefficient (Wildman–Crippen LogP) is 1.85. The summed E-state index contributed by atoms with van der Waals surface area (Å²) in [5.74, 6) is 0.584. The van der Waals surface area contributed by atoms with Crippen molar-refractivity contribution in [2.45, 2.75) is 26.3 Å². The first-order valence-electron chi connectivity index (χ1n) is 3.22. The fourth-order valence-electron chi connectivity index (χ4n) is 0.740. The van der Waals surface area contributed by atoms with Crippen LogP contribution in [0.25, 0.3) is 0 Å². The molecule has 1 aliphatic rings. The smallest absolute Gasteiger partial charge is 0.0803 e. The van der Waals surface area contributed by atoms with Gasteiger partial charge in [0.05, 0.1) is 6.04 Å². The van der Waals surface area contributed by atoms with E-state index in [-0.39, 0.29) is 0 Å². The SMILES string of the molecule is CC(C)C1CC=NN=N1. The van der Waals surface area contributed by atoms with Crippen molar-refractivity contribution >= 4 is 6.21 Å². The molecule has 0 amide bonds. The van der Waals surface area contributed by atoms with Crippen LogP contribution in [-0.2, 0) is 0 Å². The van der Waals surface area contributed by atoms with Crippen molar-refractivity contribution < 1.29 is 0 Å². The highest BCUT2D eigenvalue weighted by molar-refractivity contribution is 5.58. The number of nitrogens with zero attached hydrogens (tertiary/aromatic N) is 3. The van der Waals surface area contributed by atoms with E-state index in [4.69, 9.17) is 0 Å². The van der Waals surface area contributed by atoms with Gasteiger partial charge in [0.2, 0.25) is 0 Å². The molecular weight excluding hydrogens is 114 g/mol. The quantitative estimate of drug-likeness (QED) is 0.513. The molecule has 1 rings (SSSR count). The van der Waals surface area contributed by atoms with E-state index in [1.165, 1.54) is 0 Å². The molecule has 1 heterocycles. The van der Waals surface area contributed by atoms with Gasteiger partial charge in [-0.3, -0.25) is 0 Å². The van der Waals surface area contributed by atoms with E-state index < -0.39 is 0 Å². The lowest BCUT2D eigenvalue weighted by molar-refractivity contribution is 0.480. The van der Waals surface area contributed by atoms with E-state index in [0.717, 1.165) is 6.42 Å². The molecule has 1 aliphatic heterocycles. The van der Waals surface area contributed by atoms with E-state index in [9.17, 15) is 0 Å². The molecule has 0 bridgehead atoms. The highest BCUT2D eigenvalue weighted by atomic mass is 15.4. The first kappa shape index (κ1) is 6.39. The van der Waals surface area contributed by atoms with E-state index in [2.05, 4.69) is 29.3 Å². The monoisotopic (exact) mass is 125 g/mol. The van der Waals surface area contributed by atoms with Crippen LogP contribution < -0.4 is 0 Å². The van der Waals surface area contributed by atoms with Gasteiger partial charge in [0, 0.05) is 12.6 Å². The van der Waals surface area contributed by atoms with Crippen molar-refractivity contribution in [1.29, 1.82) is 0 Å². The van der Waals surface area contributed by atoms with Crippen molar-refractivity contribution in [2.24, 2.45) is 21.4 Å². The van der Waals surface area contributed by atoms with Crippen molar-refractivity contribution in [3.05, 3.63) is 0 Å². The van der Waals surface area contributed by atoms with Gasteiger partial charge in [-0.15, -0.1) is 5.10 Å². The second kappa shape index (κ2) is 2.71. The minimum absolute atomic E-state index is 0.363. The average molecular weight is 125 g/mol. The topological polar surface area (TPSA) is 37.1 Å². The maximum absolute atomic E-state index is 3.96. The Kier molecular flexibility index (Phi) is 1.92. The van der Waals surface area contributed by atoms with Gasteiger partial charge < -0.3 is 0 Å². The van der Waals surface area contributed by atoms with Crippen molar-refractivity contribution in [3.63, 3.8) is 0 Å². The zero-order valence-corrected chi connectivity index (χ0v) is 5.78. The van der Waals surface area contributed by atoms with Gasteiger partial charge in [-0.1, -0.05) is 13.8 Å². The highest BCUT2D eigenvalue weighted by Gasteiger charge is 2.11. The fourth-order valence-corrected chi connectivity index (χ4v) is 0.740. The minimum atomic E-state index is 0.363.